The van der Waals surface area contributed by atoms with E-state index >= 15 is 0 Å². The van der Waals surface area contributed by atoms with E-state index in [9.17, 15) is 5.11 Å². The normalized spacial score (nSPS) is 13.2. The highest BCUT2D eigenvalue weighted by Gasteiger charge is 2.21. The molecule has 1 atom stereocenters. The fourth-order valence-electron chi connectivity index (χ4n) is 1.08. The SMILES string of the molecule is CO[C](OC)C(O)c1ccccc1. The molecule has 3 heteroatoms. The predicted molar refractivity (Wildman–Crippen MR) is 48.7 cm³/mol. The molecule has 71 valence electrons. The zero-order valence-corrected chi connectivity index (χ0v) is 7.73. The van der Waals surface area contributed by atoms with Crippen LogP contribution < -0.4 is 0 Å². The number of hydrogen-bond acceptors (Lipinski definition) is 3. The molecule has 0 aliphatic carbocycles. The Bertz CT molecular complexity index is 231. The van der Waals surface area contributed by atoms with Crippen LogP contribution in [-0.2, 0) is 9.47 Å². The Morgan fingerprint density at radius 2 is 1.69 bits per heavy atom. The van der Waals surface area contributed by atoms with Gasteiger partial charge in [0.2, 0.25) is 0 Å². The minimum absolute atomic E-state index is 0.200. The largest absolute Gasteiger partial charge is 0.383 e. The van der Waals surface area contributed by atoms with Gasteiger partial charge in [-0.25, -0.2) is 0 Å². The van der Waals surface area contributed by atoms with Crippen molar-refractivity contribution >= 4 is 0 Å². The summed E-state index contributed by atoms with van der Waals surface area (Å²) in [5.41, 5.74) is 0.751. The van der Waals surface area contributed by atoms with Crippen molar-refractivity contribution in [1.82, 2.24) is 0 Å². The van der Waals surface area contributed by atoms with E-state index in [0.29, 0.717) is 0 Å². The summed E-state index contributed by atoms with van der Waals surface area (Å²) in [4.78, 5) is 0. The first-order valence-electron chi connectivity index (χ1n) is 3.97. The molecule has 0 amide bonds. The van der Waals surface area contributed by atoms with Gasteiger partial charge >= 0.3 is 0 Å². The monoisotopic (exact) mass is 181 g/mol. The van der Waals surface area contributed by atoms with Gasteiger partial charge in [-0.05, 0) is 5.56 Å². The van der Waals surface area contributed by atoms with Crippen LogP contribution in [0.4, 0.5) is 0 Å². The van der Waals surface area contributed by atoms with Crippen molar-refractivity contribution in [3.05, 3.63) is 42.2 Å². The average molecular weight is 181 g/mol. The summed E-state index contributed by atoms with van der Waals surface area (Å²) in [6.07, 6.45) is -0.623. The van der Waals surface area contributed by atoms with Crippen LogP contribution >= 0.6 is 0 Å². The van der Waals surface area contributed by atoms with E-state index in [4.69, 9.17) is 9.47 Å². The summed E-state index contributed by atoms with van der Waals surface area (Å²) < 4.78 is 9.72. The van der Waals surface area contributed by atoms with E-state index in [1.165, 1.54) is 14.2 Å². The van der Waals surface area contributed by atoms with E-state index in [2.05, 4.69) is 0 Å². The Kier molecular flexibility index (Phi) is 3.89. The summed E-state index contributed by atoms with van der Waals surface area (Å²) in [5, 5.41) is 9.69. The Morgan fingerprint density at radius 3 is 2.15 bits per heavy atom. The second-order valence-corrected chi connectivity index (χ2v) is 2.54. The first kappa shape index (κ1) is 10.2. The summed E-state index contributed by atoms with van der Waals surface area (Å²) >= 11 is 0. The molecule has 0 saturated heterocycles. The van der Waals surface area contributed by atoms with Crippen molar-refractivity contribution in [2.45, 2.75) is 6.10 Å². The minimum atomic E-state index is -0.823. The van der Waals surface area contributed by atoms with E-state index in [0.717, 1.165) is 5.56 Å². The lowest BCUT2D eigenvalue weighted by Gasteiger charge is -2.17. The standard InChI is InChI=1S/C10H13O3/c1-12-10(13-2)9(11)8-6-4-3-5-7-8/h3-7,9,11H,1-2H3. The predicted octanol–water partition coefficient (Wildman–Crippen LogP) is 1.50. The number of hydrogen-bond donors (Lipinski definition) is 1. The summed E-state index contributed by atoms with van der Waals surface area (Å²) in [6.45, 7) is 0. The van der Waals surface area contributed by atoms with Crippen molar-refractivity contribution in [3.63, 3.8) is 0 Å². The van der Waals surface area contributed by atoms with Gasteiger partial charge in [0, 0.05) is 14.2 Å². The number of methoxy groups -OCH3 is 2. The summed E-state index contributed by atoms with van der Waals surface area (Å²) in [5.74, 6) is 0. The van der Waals surface area contributed by atoms with Gasteiger partial charge < -0.3 is 14.6 Å². The van der Waals surface area contributed by atoms with Gasteiger partial charge in [-0.1, -0.05) is 30.3 Å². The number of ether oxygens (including phenoxy) is 2. The van der Waals surface area contributed by atoms with Crippen LogP contribution in [0.15, 0.2) is 30.3 Å². The molecule has 0 heterocycles. The third-order valence-corrected chi connectivity index (χ3v) is 1.74. The van der Waals surface area contributed by atoms with Crippen LogP contribution in [0, 0.1) is 6.29 Å². The maximum absolute atomic E-state index is 9.69. The second kappa shape index (κ2) is 4.97. The molecular weight excluding hydrogens is 168 g/mol. The molecule has 1 aromatic rings. The molecule has 1 rings (SSSR count). The maximum atomic E-state index is 9.69. The third kappa shape index (κ3) is 2.52. The molecule has 0 aromatic heterocycles. The van der Waals surface area contributed by atoms with Crippen LogP contribution in [0.25, 0.3) is 0 Å². The first-order chi connectivity index (χ1) is 6.29. The van der Waals surface area contributed by atoms with Crippen molar-refractivity contribution in [2.24, 2.45) is 0 Å². The van der Waals surface area contributed by atoms with Gasteiger partial charge in [0.05, 0.1) is 0 Å². The van der Waals surface area contributed by atoms with Gasteiger partial charge in [0.1, 0.15) is 6.10 Å². The molecule has 0 aliphatic rings. The highest BCUT2D eigenvalue weighted by Crippen LogP contribution is 2.24. The van der Waals surface area contributed by atoms with Gasteiger partial charge in [-0.15, -0.1) is 0 Å². The maximum Gasteiger partial charge on any atom is 0.257 e. The van der Waals surface area contributed by atoms with Crippen LogP contribution in [0.2, 0.25) is 0 Å². The molecule has 0 fully saturated rings. The number of rotatable bonds is 4. The Hall–Kier alpha value is -0.900. The quantitative estimate of drug-likeness (QED) is 0.765. The lowest BCUT2D eigenvalue weighted by Crippen LogP contribution is -2.14. The molecule has 0 bridgehead atoms. The highest BCUT2D eigenvalue weighted by molar-refractivity contribution is 5.19. The lowest BCUT2D eigenvalue weighted by molar-refractivity contribution is -0.0702. The fraction of sp³-hybridized carbons (Fsp3) is 0.300. The number of benzene rings is 1. The Morgan fingerprint density at radius 1 is 1.15 bits per heavy atom. The molecule has 1 N–H and O–H groups in total. The van der Waals surface area contributed by atoms with Gasteiger partial charge in [-0.3, -0.25) is 0 Å². The van der Waals surface area contributed by atoms with Gasteiger partial charge in [0.15, 0.2) is 0 Å². The summed E-state index contributed by atoms with van der Waals surface area (Å²) in [7, 11) is 2.93. The number of aliphatic hydroxyl groups is 1. The smallest absolute Gasteiger partial charge is 0.257 e. The van der Waals surface area contributed by atoms with Crippen molar-refractivity contribution in [3.8, 4) is 0 Å². The molecular formula is C10H13O3. The molecule has 3 nitrogen and oxygen atoms in total. The van der Waals surface area contributed by atoms with Crippen LogP contribution in [0.5, 0.6) is 0 Å². The number of aliphatic hydroxyl groups excluding tert-OH is 1. The van der Waals surface area contributed by atoms with Gasteiger partial charge in [-0.2, -0.15) is 0 Å². The van der Waals surface area contributed by atoms with E-state index in [1.54, 1.807) is 0 Å². The second-order valence-electron chi connectivity index (χ2n) is 2.54. The van der Waals surface area contributed by atoms with Crippen molar-refractivity contribution in [1.29, 1.82) is 0 Å². The van der Waals surface area contributed by atoms with E-state index < -0.39 is 6.10 Å². The van der Waals surface area contributed by atoms with Crippen molar-refractivity contribution in [2.75, 3.05) is 14.2 Å². The minimum Gasteiger partial charge on any atom is -0.383 e. The Balaban J connectivity index is 2.72. The average Bonchev–Trinajstić information content (AvgIpc) is 2.21. The van der Waals surface area contributed by atoms with E-state index in [1.807, 2.05) is 30.3 Å². The van der Waals surface area contributed by atoms with Gasteiger partial charge in [0.25, 0.3) is 6.29 Å². The fourth-order valence-corrected chi connectivity index (χ4v) is 1.08. The molecule has 1 radical (unpaired) electrons. The molecule has 0 aliphatic heterocycles. The Labute approximate surface area is 77.9 Å². The third-order valence-electron chi connectivity index (χ3n) is 1.74. The summed E-state index contributed by atoms with van der Waals surface area (Å²) in [6, 6.07) is 9.20. The molecule has 13 heavy (non-hydrogen) atoms. The van der Waals surface area contributed by atoms with Crippen LogP contribution in [0.1, 0.15) is 11.7 Å². The van der Waals surface area contributed by atoms with E-state index in [-0.39, 0.29) is 6.29 Å². The zero-order valence-electron chi connectivity index (χ0n) is 7.73. The van der Waals surface area contributed by atoms with Crippen LogP contribution in [0.3, 0.4) is 0 Å². The molecule has 0 spiro atoms. The molecule has 1 aromatic carbocycles. The first-order valence-corrected chi connectivity index (χ1v) is 3.97. The zero-order chi connectivity index (χ0) is 9.68. The molecule has 1 unspecified atom stereocenters. The highest BCUT2D eigenvalue weighted by atomic mass is 16.7. The molecule has 0 saturated carbocycles. The lowest BCUT2D eigenvalue weighted by atomic mass is 10.1. The topological polar surface area (TPSA) is 38.7 Å². The van der Waals surface area contributed by atoms with Crippen LogP contribution in [-0.4, -0.2) is 19.3 Å². The van der Waals surface area contributed by atoms with Crippen molar-refractivity contribution < 1.29 is 14.6 Å².